The molecule has 2 aromatic rings. The van der Waals surface area contributed by atoms with E-state index in [2.05, 4.69) is 5.32 Å². The Morgan fingerprint density at radius 2 is 1.89 bits per heavy atom. The average Bonchev–Trinajstić information content (AvgIpc) is 2.33. The molecule has 5 heteroatoms. The maximum Gasteiger partial charge on any atom is 0.258 e. The number of carbonyl (C=O) groups excluding carboxylic acids is 1. The summed E-state index contributed by atoms with van der Waals surface area (Å²) in [6.07, 6.45) is 0. The maximum absolute atomic E-state index is 13.5. The van der Waals surface area contributed by atoms with Gasteiger partial charge in [-0.1, -0.05) is 6.07 Å². The van der Waals surface area contributed by atoms with Gasteiger partial charge in [0, 0.05) is 6.07 Å². The fraction of sp³-hybridized carbons (Fsp3) is 0.0714. The van der Waals surface area contributed by atoms with Crippen LogP contribution in [0.25, 0.3) is 0 Å². The molecule has 3 N–H and O–H groups in total. The summed E-state index contributed by atoms with van der Waals surface area (Å²) < 4.78 is 26.2. The number of nitrogens with one attached hydrogen (secondary N) is 1. The molecule has 2 aromatic carbocycles. The van der Waals surface area contributed by atoms with Crippen LogP contribution in [0.2, 0.25) is 0 Å². The van der Waals surface area contributed by atoms with E-state index in [4.69, 9.17) is 5.73 Å². The van der Waals surface area contributed by atoms with E-state index < -0.39 is 17.5 Å². The van der Waals surface area contributed by atoms with Crippen LogP contribution >= 0.6 is 0 Å². The molecule has 0 aliphatic heterocycles. The van der Waals surface area contributed by atoms with Crippen LogP contribution in [-0.4, -0.2) is 5.91 Å². The van der Waals surface area contributed by atoms with E-state index in [9.17, 15) is 13.6 Å². The van der Waals surface area contributed by atoms with Crippen molar-refractivity contribution in [3.63, 3.8) is 0 Å². The minimum Gasteiger partial charge on any atom is -0.397 e. The van der Waals surface area contributed by atoms with Gasteiger partial charge >= 0.3 is 0 Å². The fourth-order valence-corrected chi connectivity index (χ4v) is 1.64. The molecule has 1 amide bonds. The number of hydrogen-bond donors (Lipinski definition) is 2. The minimum absolute atomic E-state index is 0.234. The number of nitrogen functional groups attached to an aromatic ring is 1. The Bertz CT molecular complexity index is 641. The zero-order valence-corrected chi connectivity index (χ0v) is 10.2. The second-order valence-corrected chi connectivity index (χ2v) is 4.17. The lowest BCUT2D eigenvalue weighted by Gasteiger charge is -2.09. The molecule has 0 heterocycles. The van der Waals surface area contributed by atoms with Gasteiger partial charge in [-0.05, 0) is 36.8 Å². The van der Waals surface area contributed by atoms with Gasteiger partial charge in [0.2, 0.25) is 0 Å². The molecule has 19 heavy (non-hydrogen) atoms. The van der Waals surface area contributed by atoms with E-state index in [1.807, 2.05) is 6.92 Å². The average molecular weight is 262 g/mol. The lowest BCUT2D eigenvalue weighted by atomic mass is 10.1. The predicted molar refractivity (Wildman–Crippen MR) is 69.9 cm³/mol. The van der Waals surface area contributed by atoms with Crippen molar-refractivity contribution in [2.24, 2.45) is 0 Å². The van der Waals surface area contributed by atoms with Crippen LogP contribution in [-0.2, 0) is 0 Å². The van der Waals surface area contributed by atoms with Crippen molar-refractivity contribution >= 4 is 17.3 Å². The third kappa shape index (κ3) is 2.88. The summed E-state index contributed by atoms with van der Waals surface area (Å²) in [5.41, 5.74) is 7.16. The zero-order chi connectivity index (χ0) is 14.0. The monoisotopic (exact) mass is 262 g/mol. The lowest BCUT2D eigenvalue weighted by molar-refractivity contribution is 0.102. The number of rotatable bonds is 2. The second kappa shape index (κ2) is 5.06. The second-order valence-electron chi connectivity index (χ2n) is 4.17. The summed E-state index contributed by atoms with van der Waals surface area (Å²) in [6, 6.07) is 7.89. The molecule has 0 bridgehead atoms. The topological polar surface area (TPSA) is 55.1 Å². The van der Waals surface area contributed by atoms with Crippen molar-refractivity contribution < 1.29 is 13.6 Å². The van der Waals surface area contributed by atoms with E-state index in [0.717, 1.165) is 17.7 Å². The Morgan fingerprint density at radius 3 is 2.58 bits per heavy atom. The van der Waals surface area contributed by atoms with Gasteiger partial charge in [-0.15, -0.1) is 0 Å². The van der Waals surface area contributed by atoms with E-state index in [1.165, 1.54) is 0 Å². The van der Waals surface area contributed by atoms with Crippen molar-refractivity contribution in [3.05, 3.63) is 59.2 Å². The largest absolute Gasteiger partial charge is 0.397 e. The van der Waals surface area contributed by atoms with Crippen LogP contribution in [0.3, 0.4) is 0 Å². The van der Waals surface area contributed by atoms with Gasteiger partial charge in [-0.25, -0.2) is 8.78 Å². The maximum atomic E-state index is 13.5. The smallest absolute Gasteiger partial charge is 0.258 e. The Balaban J connectivity index is 2.28. The Labute approximate surface area is 109 Å². The highest BCUT2D eigenvalue weighted by atomic mass is 19.1. The van der Waals surface area contributed by atoms with Crippen LogP contribution in [0, 0.1) is 18.6 Å². The number of carbonyl (C=O) groups is 1. The predicted octanol–water partition coefficient (Wildman–Crippen LogP) is 3.11. The van der Waals surface area contributed by atoms with Crippen LogP contribution in [0.15, 0.2) is 36.4 Å². The first-order chi connectivity index (χ1) is 8.97. The molecule has 98 valence electrons. The molecule has 3 nitrogen and oxygen atoms in total. The highest BCUT2D eigenvalue weighted by molar-refractivity contribution is 6.05. The summed E-state index contributed by atoms with van der Waals surface area (Å²) in [5.74, 6) is -2.32. The Hall–Kier alpha value is -2.43. The highest BCUT2D eigenvalue weighted by Gasteiger charge is 2.13. The Kier molecular flexibility index (Phi) is 3.46. The number of anilines is 2. The van der Waals surface area contributed by atoms with Crippen molar-refractivity contribution in [2.45, 2.75) is 6.92 Å². The molecule has 0 unspecified atom stereocenters. The normalized spacial score (nSPS) is 10.3. The van der Waals surface area contributed by atoms with Crippen LogP contribution in [0.1, 0.15) is 15.9 Å². The molecule has 0 atom stereocenters. The molecule has 0 fully saturated rings. The summed E-state index contributed by atoms with van der Waals surface area (Å²) >= 11 is 0. The summed E-state index contributed by atoms with van der Waals surface area (Å²) in [6.45, 7) is 1.84. The molecule has 0 aliphatic carbocycles. The lowest BCUT2D eigenvalue weighted by Crippen LogP contribution is -2.15. The third-order valence-corrected chi connectivity index (χ3v) is 2.63. The number of benzene rings is 2. The molecule has 0 aromatic heterocycles. The van der Waals surface area contributed by atoms with Crippen molar-refractivity contribution in [2.75, 3.05) is 11.1 Å². The molecule has 0 saturated carbocycles. The van der Waals surface area contributed by atoms with Gasteiger partial charge in [-0.3, -0.25) is 4.79 Å². The molecule has 0 spiro atoms. The standard InChI is InChI=1S/C14H12F2N2O/c1-8-2-5-12(17)13(6-8)18-14(19)10-4-3-9(15)7-11(10)16/h2-7H,17H2,1H3,(H,18,19). The van der Waals surface area contributed by atoms with E-state index in [1.54, 1.807) is 18.2 Å². The molecule has 2 rings (SSSR count). The van der Waals surface area contributed by atoms with Gasteiger partial charge in [0.15, 0.2) is 0 Å². The first-order valence-corrected chi connectivity index (χ1v) is 5.60. The molecule has 0 radical (unpaired) electrons. The number of hydrogen-bond acceptors (Lipinski definition) is 2. The van der Waals surface area contributed by atoms with Crippen LogP contribution < -0.4 is 11.1 Å². The number of nitrogens with two attached hydrogens (primary N) is 1. The summed E-state index contributed by atoms with van der Waals surface area (Å²) in [5, 5.41) is 2.50. The van der Waals surface area contributed by atoms with Crippen LogP contribution in [0.4, 0.5) is 20.2 Å². The van der Waals surface area contributed by atoms with E-state index >= 15 is 0 Å². The molecule has 0 aliphatic rings. The van der Waals surface area contributed by atoms with Gasteiger partial charge < -0.3 is 11.1 Å². The van der Waals surface area contributed by atoms with Crippen molar-refractivity contribution in [3.8, 4) is 0 Å². The van der Waals surface area contributed by atoms with Gasteiger partial charge in [0.1, 0.15) is 11.6 Å². The summed E-state index contributed by atoms with van der Waals surface area (Å²) in [4.78, 5) is 11.9. The molecule has 0 saturated heterocycles. The van der Waals surface area contributed by atoms with Gasteiger partial charge in [0.05, 0.1) is 16.9 Å². The fourth-order valence-electron chi connectivity index (χ4n) is 1.64. The first kappa shape index (κ1) is 13.0. The van der Waals surface area contributed by atoms with Crippen molar-refractivity contribution in [1.82, 2.24) is 0 Å². The minimum atomic E-state index is -0.913. The molecular weight excluding hydrogens is 250 g/mol. The number of aryl methyl sites for hydroxylation is 1. The first-order valence-electron chi connectivity index (χ1n) is 5.60. The third-order valence-electron chi connectivity index (χ3n) is 2.63. The van der Waals surface area contributed by atoms with Crippen LogP contribution in [0.5, 0.6) is 0 Å². The number of halogens is 2. The quantitative estimate of drug-likeness (QED) is 0.817. The summed E-state index contributed by atoms with van der Waals surface area (Å²) in [7, 11) is 0. The molecular formula is C14H12F2N2O. The van der Waals surface area contributed by atoms with Crippen molar-refractivity contribution in [1.29, 1.82) is 0 Å². The highest BCUT2D eigenvalue weighted by Crippen LogP contribution is 2.21. The SMILES string of the molecule is Cc1ccc(N)c(NC(=O)c2ccc(F)cc2F)c1. The van der Waals surface area contributed by atoms with E-state index in [-0.39, 0.29) is 5.56 Å². The van der Waals surface area contributed by atoms with Gasteiger partial charge in [0.25, 0.3) is 5.91 Å². The Morgan fingerprint density at radius 1 is 1.16 bits per heavy atom. The van der Waals surface area contributed by atoms with E-state index in [0.29, 0.717) is 17.4 Å². The number of amides is 1. The zero-order valence-electron chi connectivity index (χ0n) is 10.2. The van der Waals surface area contributed by atoms with Gasteiger partial charge in [-0.2, -0.15) is 0 Å².